The van der Waals surface area contributed by atoms with Crippen molar-refractivity contribution in [1.82, 2.24) is 0 Å². The van der Waals surface area contributed by atoms with E-state index in [1.54, 1.807) is 45.0 Å². The van der Waals surface area contributed by atoms with Crippen LogP contribution in [0.5, 0.6) is 5.75 Å². The van der Waals surface area contributed by atoms with E-state index in [4.69, 9.17) is 0 Å². The summed E-state index contributed by atoms with van der Waals surface area (Å²) in [6.07, 6.45) is 3.97. The molecule has 3 aliphatic carbocycles. The third kappa shape index (κ3) is 5.01. The molecule has 48 heavy (non-hydrogen) atoms. The van der Waals surface area contributed by atoms with E-state index >= 15 is 0 Å². The minimum absolute atomic E-state index is 0.179. The van der Waals surface area contributed by atoms with Crippen LogP contribution in [0.4, 0.5) is 22.7 Å². The molecule has 1 heterocycles. The third-order valence-electron chi connectivity index (χ3n) is 10.2. The second-order valence-corrected chi connectivity index (χ2v) is 13.4. The lowest BCUT2D eigenvalue weighted by Crippen LogP contribution is -2.39. The minimum atomic E-state index is -0.674. The van der Waals surface area contributed by atoms with Gasteiger partial charge in [0.15, 0.2) is 11.6 Å². The highest BCUT2D eigenvalue weighted by Crippen LogP contribution is 2.55. The molecule has 0 bridgehead atoms. The van der Waals surface area contributed by atoms with Crippen molar-refractivity contribution in [3.05, 3.63) is 112 Å². The highest BCUT2D eigenvalue weighted by molar-refractivity contribution is 6.25. The fraction of sp³-hybridized carbons (Fsp3) is 0.282. The van der Waals surface area contributed by atoms with Gasteiger partial charge in [0.25, 0.3) is 0 Å². The lowest BCUT2D eigenvalue weighted by Gasteiger charge is -2.42. The summed E-state index contributed by atoms with van der Waals surface area (Å²) in [5, 5.41) is 19.2. The molecule has 1 aliphatic heterocycles. The lowest BCUT2D eigenvalue weighted by molar-refractivity contribution is -0.123. The van der Waals surface area contributed by atoms with Gasteiger partial charge in [-0.3, -0.25) is 24.1 Å². The van der Waals surface area contributed by atoms with Crippen LogP contribution >= 0.6 is 0 Å². The fourth-order valence-electron chi connectivity index (χ4n) is 7.77. The second-order valence-electron chi connectivity index (χ2n) is 13.4. The van der Waals surface area contributed by atoms with Crippen molar-refractivity contribution in [2.75, 3.05) is 23.9 Å². The number of aromatic hydroxyl groups is 1. The Kier molecular flexibility index (Phi) is 7.58. The normalized spacial score (nSPS) is 23.6. The van der Waals surface area contributed by atoms with E-state index in [2.05, 4.69) is 10.2 Å². The highest BCUT2D eigenvalue weighted by atomic mass is 16.3. The van der Waals surface area contributed by atoms with Crippen LogP contribution in [0.15, 0.2) is 105 Å². The van der Waals surface area contributed by atoms with Gasteiger partial charge >= 0.3 is 0 Å². The van der Waals surface area contributed by atoms with Crippen LogP contribution in [0.25, 0.3) is 0 Å². The second kappa shape index (κ2) is 11.7. The van der Waals surface area contributed by atoms with E-state index in [9.17, 15) is 24.3 Å². The first kappa shape index (κ1) is 31.2. The number of azo groups is 1. The minimum Gasteiger partial charge on any atom is -0.507 e. The summed E-state index contributed by atoms with van der Waals surface area (Å²) in [5.41, 5.74) is 6.99. The predicted octanol–water partition coefficient (Wildman–Crippen LogP) is 7.12. The predicted molar refractivity (Wildman–Crippen MR) is 183 cm³/mol. The number of anilines is 2. The van der Waals surface area contributed by atoms with E-state index in [1.165, 1.54) is 11.0 Å². The van der Waals surface area contributed by atoms with Crippen molar-refractivity contribution in [2.45, 2.75) is 39.5 Å². The molecule has 7 rings (SSSR count). The number of carbonyl (C=O) groups excluding carboxylic acids is 4. The number of hydrogen-bond acceptors (Lipinski definition) is 8. The van der Waals surface area contributed by atoms with Crippen molar-refractivity contribution in [1.29, 1.82) is 0 Å². The van der Waals surface area contributed by atoms with Crippen LogP contribution in [0, 0.1) is 31.6 Å². The average Bonchev–Trinajstić information content (AvgIpc) is 3.33. The molecule has 0 spiro atoms. The zero-order valence-corrected chi connectivity index (χ0v) is 27.5. The number of fused-ring (bicyclic) bond motifs is 3. The van der Waals surface area contributed by atoms with Gasteiger partial charge in [0.2, 0.25) is 11.8 Å². The zero-order chi connectivity index (χ0) is 34.0. The fourth-order valence-corrected chi connectivity index (χ4v) is 7.77. The monoisotopic (exact) mass is 640 g/mol. The molecule has 1 fully saturated rings. The number of amides is 2. The Hall–Kier alpha value is -5.44. The Morgan fingerprint density at radius 3 is 2.02 bits per heavy atom. The first-order chi connectivity index (χ1) is 22.9. The first-order valence-electron chi connectivity index (χ1n) is 16.1. The molecule has 0 saturated carbocycles. The van der Waals surface area contributed by atoms with E-state index in [0.29, 0.717) is 51.3 Å². The van der Waals surface area contributed by atoms with Crippen molar-refractivity contribution in [3.63, 3.8) is 0 Å². The summed E-state index contributed by atoms with van der Waals surface area (Å²) in [6.45, 7) is 5.24. The number of nitrogens with zero attached hydrogens (tertiary/aromatic N) is 4. The topological polar surface area (TPSA) is 120 Å². The molecular weight excluding hydrogens is 604 g/mol. The van der Waals surface area contributed by atoms with Crippen LogP contribution in [-0.2, 0) is 19.2 Å². The molecule has 242 valence electrons. The molecule has 3 aromatic carbocycles. The molecule has 4 unspecified atom stereocenters. The molecule has 2 amide bonds. The van der Waals surface area contributed by atoms with E-state index in [0.717, 1.165) is 16.8 Å². The number of Topliss-reactive ketones (excluding diaryl/α,β-unsaturated/α-hetero) is 1. The summed E-state index contributed by atoms with van der Waals surface area (Å²) >= 11 is 0. The number of ketones is 2. The summed E-state index contributed by atoms with van der Waals surface area (Å²) in [5.74, 6) is -3.05. The number of rotatable bonds is 5. The molecule has 1 saturated heterocycles. The number of benzene rings is 3. The lowest BCUT2D eigenvalue weighted by atomic mass is 9.59. The van der Waals surface area contributed by atoms with Crippen LogP contribution in [-0.4, -0.2) is 42.6 Å². The van der Waals surface area contributed by atoms with Crippen LogP contribution < -0.4 is 9.80 Å². The Labute approximate surface area is 279 Å². The van der Waals surface area contributed by atoms with Crippen molar-refractivity contribution < 1.29 is 24.3 Å². The smallest absolute Gasteiger partial charge is 0.238 e. The number of imide groups is 1. The molecular formula is C39H36N4O5. The molecule has 3 aromatic rings. The summed E-state index contributed by atoms with van der Waals surface area (Å²) in [7, 11) is 3.93. The summed E-state index contributed by atoms with van der Waals surface area (Å²) in [6, 6.07) is 18.2. The van der Waals surface area contributed by atoms with Crippen molar-refractivity contribution >= 4 is 46.1 Å². The maximum atomic E-state index is 14.3. The van der Waals surface area contributed by atoms with Gasteiger partial charge in [-0.15, -0.1) is 0 Å². The van der Waals surface area contributed by atoms with Gasteiger partial charge in [-0.25, -0.2) is 0 Å². The Morgan fingerprint density at radius 2 is 1.42 bits per heavy atom. The molecule has 0 radical (unpaired) electrons. The number of hydrogen-bond donors (Lipinski definition) is 1. The van der Waals surface area contributed by atoms with Crippen LogP contribution in [0.3, 0.4) is 0 Å². The molecule has 1 N–H and O–H groups in total. The Balaban J connectivity index is 1.20. The van der Waals surface area contributed by atoms with Gasteiger partial charge < -0.3 is 10.0 Å². The quantitative estimate of drug-likeness (QED) is 0.137. The third-order valence-corrected chi connectivity index (χ3v) is 10.2. The molecule has 9 nitrogen and oxygen atoms in total. The maximum Gasteiger partial charge on any atom is 0.238 e. The first-order valence-corrected chi connectivity index (χ1v) is 16.1. The molecule has 4 aliphatic rings. The molecule has 0 aromatic heterocycles. The Bertz CT molecular complexity index is 2010. The number of phenolic OH excluding ortho intramolecular Hbond substituents is 1. The van der Waals surface area contributed by atoms with E-state index in [1.807, 2.05) is 61.5 Å². The van der Waals surface area contributed by atoms with E-state index < -0.39 is 23.7 Å². The summed E-state index contributed by atoms with van der Waals surface area (Å²) < 4.78 is 0. The van der Waals surface area contributed by atoms with Gasteiger partial charge in [0.1, 0.15) is 5.75 Å². The zero-order valence-electron chi connectivity index (χ0n) is 27.5. The number of phenols is 1. The highest BCUT2D eigenvalue weighted by Gasteiger charge is 2.56. The van der Waals surface area contributed by atoms with Crippen LogP contribution in [0.1, 0.15) is 42.4 Å². The summed E-state index contributed by atoms with van der Waals surface area (Å²) in [4.78, 5) is 58.5. The standard InChI is InChI=1S/C39H36N4O5/c1-20-16-23(17-21(2)36(20)45)33-28-14-15-29-34(30(28)19-31-35(33)32(44)18-22(3)37(31)46)39(48)43(38(29)47)27-12-8-25(9-13-27)41-40-24-6-10-26(11-7-24)42(4)5/h6-14,16-18,29-30,33-34,45H,15,19H2,1-5H3. The van der Waals surface area contributed by atoms with Gasteiger partial charge in [-0.1, -0.05) is 23.8 Å². The van der Waals surface area contributed by atoms with Gasteiger partial charge in [0.05, 0.1) is 28.9 Å². The maximum absolute atomic E-state index is 14.3. The molecule has 9 heteroatoms. The van der Waals surface area contributed by atoms with Crippen molar-refractivity contribution in [2.24, 2.45) is 28.0 Å². The van der Waals surface area contributed by atoms with Gasteiger partial charge in [-0.05, 0) is 111 Å². The average molecular weight is 641 g/mol. The van der Waals surface area contributed by atoms with E-state index in [-0.39, 0.29) is 35.6 Å². The van der Waals surface area contributed by atoms with Gasteiger partial charge in [-0.2, -0.15) is 10.2 Å². The van der Waals surface area contributed by atoms with Crippen molar-refractivity contribution in [3.8, 4) is 5.75 Å². The van der Waals surface area contributed by atoms with Crippen LogP contribution in [0.2, 0.25) is 0 Å². The van der Waals surface area contributed by atoms with Gasteiger partial charge in [0, 0.05) is 42.4 Å². The Morgan fingerprint density at radius 1 is 0.812 bits per heavy atom. The molecule has 4 atom stereocenters. The number of carbonyl (C=O) groups is 4. The number of aryl methyl sites for hydroxylation is 2. The number of allylic oxidation sites excluding steroid dienone is 6. The SMILES string of the molecule is CC1=CC(=O)C2=C(CC3C(=CCC4C(=O)N(c5ccc(N=Nc6ccc(N(C)C)cc6)cc5)C(=O)C43)C2c2cc(C)c(O)c(C)c2)C1=O. The largest absolute Gasteiger partial charge is 0.507 e.